The van der Waals surface area contributed by atoms with E-state index in [9.17, 15) is 19.7 Å². The highest BCUT2D eigenvalue weighted by molar-refractivity contribution is 6.08. The monoisotopic (exact) mass is 356 g/mol. The summed E-state index contributed by atoms with van der Waals surface area (Å²) in [6.07, 6.45) is 2.30. The molecule has 0 saturated carbocycles. The number of aldehydes is 1. The summed E-state index contributed by atoms with van der Waals surface area (Å²) in [6.45, 7) is 4.02. The fourth-order valence-corrected chi connectivity index (χ4v) is 2.43. The summed E-state index contributed by atoms with van der Waals surface area (Å²) in [7, 11) is 0. The van der Waals surface area contributed by atoms with Crippen LogP contribution in [-0.2, 0) is 0 Å². The molecule has 136 valence electrons. The van der Waals surface area contributed by atoms with Crippen LogP contribution in [0.15, 0.2) is 36.4 Å². The lowest BCUT2D eigenvalue weighted by Crippen LogP contribution is -2.15. The Morgan fingerprint density at radius 2 is 2.08 bits per heavy atom. The van der Waals surface area contributed by atoms with E-state index in [0.717, 1.165) is 12.8 Å². The van der Waals surface area contributed by atoms with Gasteiger partial charge < -0.3 is 10.1 Å². The van der Waals surface area contributed by atoms with E-state index in [4.69, 9.17) is 4.74 Å². The molecule has 0 aliphatic carbocycles. The van der Waals surface area contributed by atoms with E-state index >= 15 is 0 Å². The first kappa shape index (κ1) is 19.1. The van der Waals surface area contributed by atoms with Crippen molar-refractivity contribution in [3.8, 4) is 5.75 Å². The molecule has 0 bridgehead atoms. The van der Waals surface area contributed by atoms with Crippen LogP contribution in [0.4, 0.5) is 11.4 Å². The first-order valence-electron chi connectivity index (χ1n) is 8.25. The average Bonchev–Trinajstić information content (AvgIpc) is 2.62. The number of hydrogen-bond donors (Lipinski definition) is 1. The van der Waals surface area contributed by atoms with Crippen LogP contribution in [0.1, 0.15) is 46.0 Å². The minimum atomic E-state index is -0.639. The average molecular weight is 356 g/mol. The number of aryl methyl sites for hydroxylation is 1. The summed E-state index contributed by atoms with van der Waals surface area (Å²) < 4.78 is 5.58. The predicted molar refractivity (Wildman–Crippen MR) is 98.0 cm³/mol. The maximum Gasteiger partial charge on any atom is 0.323 e. The molecule has 26 heavy (non-hydrogen) atoms. The Bertz CT molecular complexity index is 833. The molecular weight excluding hydrogens is 336 g/mol. The number of nitrogens with zero attached hydrogens (tertiary/aromatic N) is 1. The number of amides is 1. The van der Waals surface area contributed by atoms with Crippen molar-refractivity contribution >= 4 is 23.6 Å². The number of benzene rings is 2. The lowest BCUT2D eigenvalue weighted by molar-refractivity contribution is -0.386. The molecule has 2 rings (SSSR count). The van der Waals surface area contributed by atoms with E-state index in [1.807, 2.05) is 6.92 Å². The van der Waals surface area contributed by atoms with E-state index in [2.05, 4.69) is 5.32 Å². The first-order chi connectivity index (χ1) is 12.5. The highest BCUT2D eigenvalue weighted by Crippen LogP contribution is 2.35. The Labute approximate surface area is 151 Å². The number of nitro groups is 1. The highest BCUT2D eigenvalue weighted by atomic mass is 16.6. The normalized spacial score (nSPS) is 10.2. The van der Waals surface area contributed by atoms with Gasteiger partial charge in [-0.25, -0.2) is 0 Å². The van der Waals surface area contributed by atoms with Crippen LogP contribution in [0.25, 0.3) is 0 Å². The van der Waals surface area contributed by atoms with Crippen LogP contribution >= 0.6 is 0 Å². The van der Waals surface area contributed by atoms with Crippen molar-refractivity contribution in [2.45, 2.75) is 26.7 Å². The molecule has 0 aromatic heterocycles. The van der Waals surface area contributed by atoms with Crippen LogP contribution in [0, 0.1) is 17.0 Å². The van der Waals surface area contributed by atoms with Crippen LogP contribution in [-0.4, -0.2) is 23.7 Å². The Hall–Kier alpha value is -3.22. The number of hydrogen-bond acceptors (Lipinski definition) is 5. The van der Waals surface area contributed by atoms with Crippen LogP contribution in [0.2, 0.25) is 0 Å². The van der Waals surface area contributed by atoms with E-state index in [-0.39, 0.29) is 17.0 Å². The van der Waals surface area contributed by atoms with Crippen LogP contribution < -0.4 is 10.1 Å². The summed E-state index contributed by atoms with van der Waals surface area (Å²) in [6, 6.07) is 9.32. The summed E-state index contributed by atoms with van der Waals surface area (Å²) in [4.78, 5) is 34.4. The van der Waals surface area contributed by atoms with Crippen molar-refractivity contribution in [2.24, 2.45) is 0 Å². The number of ether oxygens (including phenoxy) is 1. The molecular formula is C19H20N2O5. The van der Waals surface area contributed by atoms with Gasteiger partial charge in [-0.3, -0.25) is 19.7 Å². The second-order valence-electron chi connectivity index (χ2n) is 5.76. The quantitative estimate of drug-likeness (QED) is 0.332. The van der Waals surface area contributed by atoms with E-state index in [0.29, 0.717) is 29.7 Å². The number of carbonyl (C=O) groups excluding carboxylic acids is 2. The Kier molecular flexibility index (Phi) is 6.43. The second-order valence-corrected chi connectivity index (χ2v) is 5.76. The molecule has 0 fully saturated rings. The third kappa shape index (κ3) is 4.44. The molecule has 0 radical (unpaired) electrons. The van der Waals surface area contributed by atoms with Crippen molar-refractivity contribution in [1.29, 1.82) is 0 Å². The standard InChI is InChI=1S/C19H20N2O5/c1-3-4-10-26-18-13(2)8-9-16(17(18)21(24)25)19(23)20-15-7-5-6-14(11-15)12-22/h5-9,11-12H,3-4,10H2,1-2H3,(H,20,23). The molecule has 0 unspecified atom stereocenters. The number of nitrogens with one attached hydrogen (secondary N) is 1. The fourth-order valence-electron chi connectivity index (χ4n) is 2.43. The fraction of sp³-hybridized carbons (Fsp3) is 0.263. The lowest BCUT2D eigenvalue weighted by Gasteiger charge is -2.12. The van der Waals surface area contributed by atoms with Crippen molar-refractivity contribution in [1.82, 2.24) is 0 Å². The minimum Gasteiger partial charge on any atom is -0.487 e. The smallest absolute Gasteiger partial charge is 0.323 e. The molecule has 1 amide bonds. The van der Waals surface area contributed by atoms with Gasteiger partial charge in [0.25, 0.3) is 5.91 Å². The third-order valence-electron chi connectivity index (χ3n) is 3.78. The highest BCUT2D eigenvalue weighted by Gasteiger charge is 2.27. The molecule has 0 saturated heterocycles. The van der Waals surface area contributed by atoms with Crippen LogP contribution in [0.3, 0.4) is 0 Å². The van der Waals surface area contributed by atoms with Gasteiger partial charge in [0.05, 0.1) is 11.5 Å². The minimum absolute atomic E-state index is 0.0939. The molecule has 2 aromatic carbocycles. The maximum absolute atomic E-state index is 12.6. The lowest BCUT2D eigenvalue weighted by atomic mass is 10.1. The van der Waals surface area contributed by atoms with Crippen molar-refractivity contribution in [2.75, 3.05) is 11.9 Å². The number of nitro benzene ring substituents is 1. The molecule has 0 atom stereocenters. The van der Waals surface area contributed by atoms with Gasteiger partial charge >= 0.3 is 5.69 Å². The van der Waals surface area contributed by atoms with Gasteiger partial charge in [-0.05, 0) is 37.1 Å². The summed E-state index contributed by atoms with van der Waals surface area (Å²) >= 11 is 0. The van der Waals surface area contributed by atoms with E-state index < -0.39 is 10.8 Å². The van der Waals surface area contributed by atoms with Crippen molar-refractivity contribution < 1.29 is 19.2 Å². The van der Waals surface area contributed by atoms with Gasteiger partial charge in [0.15, 0.2) is 0 Å². The summed E-state index contributed by atoms with van der Waals surface area (Å²) in [5.41, 5.74) is 0.911. The van der Waals surface area contributed by atoms with Crippen LogP contribution in [0.5, 0.6) is 5.75 Å². The zero-order chi connectivity index (χ0) is 19.1. The molecule has 1 N–H and O–H groups in total. The van der Waals surface area contributed by atoms with Gasteiger partial charge in [-0.15, -0.1) is 0 Å². The SMILES string of the molecule is CCCCOc1c(C)ccc(C(=O)Nc2cccc(C=O)c2)c1[N+](=O)[O-]. The number of carbonyl (C=O) groups is 2. The Morgan fingerprint density at radius 3 is 2.73 bits per heavy atom. The number of anilines is 1. The predicted octanol–water partition coefficient (Wildman–Crippen LogP) is 4.15. The molecule has 7 nitrogen and oxygen atoms in total. The Morgan fingerprint density at radius 1 is 1.31 bits per heavy atom. The molecule has 0 spiro atoms. The van der Waals surface area contributed by atoms with Crippen molar-refractivity contribution in [3.63, 3.8) is 0 Å². The Balaban J connectivity index is 2.37. The van der Waals surface area contributed by atoms with Gasteiger partial charge in [0, 0.05) is 11.3 Å². The van der Waals surface area contributed by atoms with E-state index in [1.54, 1.807) is 31.2 Å². The summed E-state index contributed by atoms with van der Waals surface area (Å²) in [5.74, 6) is -0.530. The number of unbranched alkanes of at least 4 members (excludes halogenated alkanes) is 1. The first-order valence-corrected chi connectivity index (χ1v) is 8.25. The molecule has 0 aliphatic rings. The number of rotatable bonds is 8. The molecule has 7 heteroatoms. The third-order valence-corrected chi connectivity index (χ3v) is 3.78. The van der Waals surface area contributed by atoms with Gasteiger partial charge in [-0.2, -0.15) is 0 Å². The van der Waals surface area contributed by atoms with E-state index in [1.165, 1.54) is 12.1 Å². The molecule has 0 heterocycles. The van der Waals surface area contributed by atoms with Crippen molar-refractivity contribution in [3.05, 3.63) is 63.2 Å². The molecule has 0 aliphatic heterocycles. The summed E-state index contributed by atoms with van der Waals surface area (Å²) in [5, 5.41) is 14.2. The topological polar surface area (TPSA) is 98.5 Å². The van der Waals surface area contributed by atoms with Gasteiger partial charge in [-0.1, -0.05) is 31.5 Å². The zero-order valence-electron chi connectivity index (χ0n) is 14.7. The largest absolute Gasteiger partial charge is 0.487 e. The molecule has 2 aromatic rings. The zero-order valence-corrected chi connectivity index (χ0v) is 14.7. The van der Waals surface area contributed by atoms with Gasteiger partial charge in [0.1, 0.15) is 11.8 Å². The second kappa shape index (κ2) is 8.75. The van der Waals surface area contributed by atoms with Gasteiger partial charge in [0.2, 0.25) is 5.75 Å². The maximum atomic E-state index is 12.6.